The molecular weight excluding hydrogens is 562 g/mol. The maximum atomic E-state index is 13.7. The Morgan fingerprint density at radius 1 is 0.953 bits per heavy atom. The van der Waals surface area contributed by atoms with E-state index in [0.29, 0.717) is 25.7 Å². The Kier molecular flexibility index (Phi) is 15.4. The molecule has 1 aliphatic heterocycles. The second-order valence-corrected chi connectivity index (χ2v) is 11.2. The van der Waals surface area contributed by atoms with Gasteiger partial charge in [0.25, 0.3) is 0 Å². The van der Waals surface area contributed by atoms with Gasteiger partial charge >= 0.3 is 5.97 Å². The Bertz CT molecular complexity index is 1030. The zero-order chi connectivity index (χ0) is 32.9. The van der Waals surface area contributed by atoms with Gasteiger partial charge in [-0.2, -0.15) is 0 Å². The Morgan fingerprint density at radius 3 is 2.12 bits per heavy atom. The van der Waals surface area contributed by atoms with Crippen LogP contribution in [0.25, 0.3) is 0 Å². The van der Waals surface area contributed by atoms with Gasteiger partial charge in [-0.15, -0.1) is 0 Å². The summed E-state index contributed by atoms with van der Waals surface area (Å²) in [4.78, 5) is 81.0. The summed E-state index contributed by atoms with van der Waals surface area (Å²) in [5.41, 5.74) is 22.0. The number of hydrogen-bond donors (Lipinski definition) is 8. The molecular formula is C27H49N9O7. The van der Waals surface area contributed by atoms with Gasteiger partial charge in [0.15, 0.2) is 5.96 Å². The number of nitrogens with two attached hydrogens (primary N) is 4. The fourth-order valence-corrected chi connectivity index (χ4v) is 4.63. The molecule has 1 fully saturated rings. The maximum Gasteiger partial charge on any atom is 0.326 e. The highest BCUT2D eigenvalue weighted by Gasteiger charge is 2.40. The number of amides is 5. The molecule has 0 saturated carbocycles. The summed E-state index contributed by atoms with van der Waals surface area (Å²) < 4.78 is 0. The van der Waals surface area contributed by atoms with Gasteiger partial charge in [0, 0.05) is 19.5 Å². The smallest absolute Gasteiger partial charge is 0.326 e. The molecule has 12 N–H and O–H groups in total. The average molecular weight is 612 g/mol. The van der Waals surface area contributed by atoms with E-state index in [2.05, 4.69) is 20.9 Å². The van der Waals surface area contributed by atoms with Crippen LogP contribution in [0.4, 0.5) is 0 Å². The van der Waals surface area contributed by atoms with Crippen LogP contribution in [0.5, 0.6) is 0 Å². The molecule has 0 radical (unpaired) electrons. The predicted octanol–water partition coefficient (Wildman–Crippen LogP) is -2.14. The lowest BCUT2D eigenvalue weighted by atomic mass is 9.98. The molecule has 244 valence electrons. The minimum absolute atomic E-state index is 0.103. The summed E-state index contributed by atoms with van der Waals surface area (Å²) in [6, 6.07) is -5.25. The zero-order valence-corrected chi connectivity index (χ0v) is 25.5. The third-order valence-electron chi connectivity index (χ3n) is 7.50. The van der Waals surface area contributed by atoms with Crippen molar-refractivity contribution in [2.75, 3.05) is 13.1 Å². The maximum absolute atomic E-state index is 13.7. The number of carboxylic acids is 1. The molecule has 0 bridgehead atoms. The minimum atomic E-state index is -1.38. The van der Waals surface area contributed by atoms with Crippen LogP contribution in [-0.2, 0) is 28.8 Å². The third-order valence-corrected chi connectivity index (χ3v) is 7.50. The van der Waals surface area contributed by atoms with Crippen molar-refractivity contribution in [3.8, 4) is 0 Å². The van der Waals surface area contributed by atoms with E-state index in [4.69, 9.17) is 22.9 Å². The number of likely N-dealkylation sites (tertiary alicyclic amines) is 1. The second kappa shape index (κ2) is 17.9. The molecule has 5 amide bonds. The number of primary amides is 1. The van der Waals surface area contributed by atoms with Crippen LogP contribution in [0.2, 0.25) is 0 Å². The molecule has 0 aliphatic carbocycles. The monoisotopic (exact) mass is 611 g/mol. The molecule has 1 saturated heterocycles. The van der Waals surface area contributed by atoms with E-state index >= 15 is 0 Å². The van der Waals surface area contributed by atoms with E-state index in [0.717, 1.165) is 0 Å². The van der Waals surface area contributed by atoms with Crippen molar-refractivity contribution in [1.29, 1.82) is 0 Å². The van der Waals surface area contributed by atoms with Gasteiger partial charge in [0.05, 0.1) is 6.04 Å². The van der Waals surface area contributed by atoms with E-state index in [1.54, 1.807) is 13.8 Å². The fourth-order valence-electron chi connectivity index (χ4n) is 4.63. The van der Waals surface area contributed by atoms with Crippen molar-refractivity contribution in [1.82, 2.24) is 20.9 Å². The Labute approximate surface area is 252 Å². The Morgan fingerprint density at radius 2 is 1.58 bits per heavy atom. The first-order valence-electron chi connectivity index (χ1n) is 14.6. The number of carboxylic acid groups (broad SMARTS) is 1. The summed E-state index contributed by atoms with van der Waals surface area (Å²) in [7, 11) is 0. The van der Waals surface area contributed by atoms with Gasteiger partial charge in [-0.25, -0.2) is 4.79 Å². The van der Waals surface area contributed by atoms with Crippen LogP contribution < -0.4 is 38.9 Å². The molecule has 1 heterocycles. The number of rotatable bonds is 18. The molecule has 6 unspecified atom stereocenters. The van der Waals surface area contributed by atoms with E-state index in [1.165, 1.54) is 4.90 Å². The van der Waals surface area contributed by atoms with E-state index in [9.17, 15) is 33.9 Å². The average Bonchev–Trinajstić information content (AvgIpc) is 3.43. The number of aliphatic imine (C=N–C) groups is 1. The van der Waals surface area contributed by atoms with Crippen LogP contribution in [0.1, 0.15) is 72.6 Å². The Balaban J connectivity index is 3.09. The molecule has 0 aromatic heterocycles. The number of nitrogens with one attached hydrogen (secondary N) is 3. The van der Waals surface area contributed by atoms with Gasteiger partial charge in [0.1, 0.15) is 24.2 Å². The van der Waals surface area contributed by atoms with E-state index in [1.807, 2.05) is 13.8 Å². The van der Waals surface area contributed by atoms with Gasteiger partial charge in [-0.1, -0.05) is 34.1 Å². The molecule has 0 spiro atoms. The standard InChI is InChI=1S/C27H49N9O7/c1-5-15(4)20(29)23(39)33-16(8-6-12-32-27(30)31)25(41)36-13-7-9-18(36)22(38)35-21(14(2)3)24(40)34-17(26(42)43)10-11-19(28)37/h14-18,20-21H,5-13,29H2,1-4H3,(H2,28,37)(H,33,39)(H,34,40)(H,35,38)(H,42,43)(H4,30,31,32). The van der Waals surface area contributed by atoms with Crippen LogP contribution in [0.3, 0.4) is 0 Å². The highest BCUT2D eigenvalue weighted by molar-refractivity contribution is 5.96. The van der Waals surface area contributed by atoms with Crippen LogP contribution in [0, 0.1) is 11.8 Å². The van der Waals surface area contributed by atoms with Gasteiger partial charge in [-0.3, -0.25) is 29.0 Å². The first-order chi connectivity index (χ1) is 20.1. The molecule has 43 heavy (non-hydrogen) atoms. The van der Waals surface area contributed by atoms with Crippen LogP contribution >= 0.6 is 0 Å². The summed E-state index contributed by atoms with van der Waals surface area (Å²) >= 11 is 0. The first kappa shape index (κ1) is 37.1. The zero-order valence-electron chi connectivity index (χ0n) is 25.5. The first-order valence-corrected chi connectivity index (χ1v) is 14.6. The largest absolute Gasteiger partial charge is 0.480 e. The van der Waals surface area contributed by atoms with Crippen LogP contribution in [-0.4, -0.2) is 94.8 Å². The Hall–Kier alpha value is -3.95. The number of aliphatic carboxylic acids is 1. The van der Waals surface area contributed by atoms with Crippen molar-refractivity contribution in [3.05, 3.63) is 0 Å². The summed E-state index contributed by atoms with van der Waals surface area (Å²) in [6.07, 6.45) is 1.60. The number of carbonyl (C=O) groups is 6. The highest BCUT2D eigenvalue weighted by Crippen LogP contribution is 2.21. The van der Waals surface area contributed by atoms with Crippen molar-refractivity contribution in [2.24, 2.45) is 39.8 Å². The molecule has 0 aromatic rings. The minimum Gasteiger partial charge on any atom is -0.480 e. The number of nitrogens with zero attached hydrogens (tertiary/aromatic N) is 2. The van der Waals surface area contributed by atoms with Crippen molar-refractivity contribution < 1.29 is 33.9 Å². The topological polar surface area (TPSA) is 278 Å². The number of guanidine groups is 1. The number of carbonyl (C=O) groups excluding carboxylic acids is 5. The van der Waals surface area contributed by atoms with Crippen molar-refractivity contribution in [3.63, 3.8) is 0 Å². The molecule has 0 aromatic carbocycles. The normalized spacial score (nSPS) is 18.1. The lowest BCUT2D eigenvalue weighted by Gasteiger charge is -2.31. The quantitative estimate of drug-likeness (QED) is 0.0473. The predicted molar refractivity (Wildman–Crippen MR) is 159 cm³/mol. The van der Waals surface area contributed by atoms with E-state index < -0.39 is 71.6 Å². The van der Waals surface area contributed by atoms with Gasteiger partial charge < -0.3 is 48.9 Å². The third kappa shape index (κ3) is 12.1. The highest BCUT2D eigenvalue weighted by atomic mass is 16.4. The van der Waals surface area contributed by atoms with Gasteiger partial charge in [0.2, 0.25) is 29.5 Å². The lowest BCUT2D eigenvalue weighted by molar-refractivity contribution is -0.144. The lowest BCUT2D eigenvalue weighted by Crippen LogP contribution is -2.59. The summed E-state index contributed by atoms with van der Waals surface area (Å²) in [5.74, 6) is -5.04. The number of hydrogen-bond acceptors (Lipinski definition) is 8. The SMILES string of the molecule is CCC(C)C(N)C(=O)NC(CCCN=C(N)N)C(=O)N1CCCC1C(=O)NC(C(=O)NC(CCC(N)=O)C(=O)O)C(C)C. The molecule has 1 aliphatic rings. The molecule has 1 rings (SSSR count). The van der Waals surface area contributed by atoms with E-state index in [-0.39, 0.29) is 44.2 Å². The second-order valence-electron chi connectivity index (χ2n) is 11.2. The molecule has 6 atom stereocenters. The van der Waals surface area contributed by atoms with Gasteiger partial charge in [-0.05, 0) is 43.9 Å². The van der Waals surface area contributed by atoms with Crippen molar-refractivity contribution in [2.45, 2.75) is 103 Å². The molecule has 16 heteroatoms. The van der Waals surface area contributed by atoms with Crippen molar-refractivity contribution >= 4 is 41.5 Å². The summed E-state index contributed by atoms with van der Waals surface area (Å²) in [6.45, 7) is 7.55. The molecule has 16 nitrogen and oxygen atoms in total. The summed E-state index contributed by atoms with van der Waals surface area (Å²) in [5, 5.41) is 17.2. The fraction of sp³-hybridized carbons (Fsp3) is 0.741. The van der Waals surface area contributed by atoms with Crippen LogP contribution in [0.15, 0.2) is 4.99 Å².